The molecule has 13 heavy (non-hydrogen) atoms. The van der Waals surface area contributed by atoms with Crippen LogP contribution in [0.25, 0.3) is 0 Å². The van der Waals surface area contributed by atoms with Gasteiger partial charge in [-0.1, -0.05) is 29.3 Å². The second-order valence-corrected chi connectivity index (χ2v) is 4.15. The van der Waals surface area contributed by atoms with Crippen LogP contribution in [0.3, 0.4) is 0 Å². The molecule has 0 unspecified atom stereocenters. The van der Waals surface area contributed by atoms with Gasteiger partial charge >= 0.3 is 0 Å². The Balaban J connectivity index is 2.43. The van der Waals surface area contributed by atoms with Gasteiger partial charge in [0.2, 0.25) is 0 Å². The molecule has 70 valence electrons. The Hall–Kier alpha value is -0.570. The van der Waals surface area contributed by atoms with Gasteiger partial charge in [-0.05, 0) is 18.6 Å². The molecule has 1 heterocycles. The van der Waals surface area contributed by atoms with Crippen molar-refractivity contribution in [3.05, 3.63) is 34.3 Å². The number of aryl methyl sites for hydroxylation is 1. The highest BCUT2D eigenvalue weighted by molar-refractivity contribution is 6.31. The normalized spacial score (nSPS) is 19.6. The van der Waals surface area contributed by atoms with Crippen LogP contribution in [0.4, 0.5) is 0 Å². The van der Waals surface area contributed by atoms with Gasteiger partial charge in [-0.25, -0.2) is 0 Å². The summed E-state index contributed by atoms with van der Waals surface area (Å²) in [6.07, 6.45) is 0. The number of nitrogens with two attached hydrogens (primary N) is 1. The van der Waals surface area contributed by atoms with Gasteiger partial charge in [0, 0.05) is 18.1 Å². The van der Waals surface area contributed by atoms with Crippen LogP contribution >= 0.6 is 11.6 Å². The number of hydrogen-bond donors (Lipinski definition) is 2. The zero-order chi connectivity index (χ0) is 9.47. The molecule has 1 saturated heterocycles. The van der Waals surface area contributed by atoms with E-state index in [0.29, 0.717) is 0 Å². The SMILES string of the molecule is Cc1ccc(Cl)c(C2(N)CNC2)c1. The molecule has 3 heteroatoms. The third kappa shape index (κ3) is 1.46. The van der Waals surface area contributed by atoms with Crippen molar-refractivity contribution in [2.75, 3.05) is 13.1 Å². The van der Waals surface area contributed by atoms with Gasteiger partial charge in [0.25, 0.3) is 0 Å². The van der Waals surface area contributed by atoms with Gasteiger partial charge in [0.15, 0.2) is 0 Å². The topological polar surface area (TPSA) is 38.0 Å². The monoisotopic (exact) mass is 196 g/mol. The van der Waals surface area contributed by atoms with Crippen molar-refractivity contribution in [1.29, 1.82) is 0 Å². The average Bonchev–Trinajstić information content (AvgIpc) is 2.05. The van der Waals surface area contributed by atoms with Gasteiger partial charge in [-0.3, -0.25) is 0 Å². The number of hydrogen-bond acceptors (Lipinski definition) is 2. The maximum atomic E-state index is 6.15. The zero-order valence-electron chi connectivity index (χ0n) is 7.60. The van der Waals surface area contributed by atoms with Crippen LogP contribution in [-0.4, -0.2) is 13.1 Å². The van der Waals surface area contributed by atoms with Gasteiger partial charge in [0.05, 0.1) is 5.54 Å². The highest BCUT2D eigenvalue weighted by Crippen LogP contribution is 2.29. The number of halogens is 1. The van der Waals surface area contributed by atoms with Crippen LogP contribution in [0.1, 0.15) is 11.1 Å². The van der Waals surface area contributed by atoms with Crippen LogP contribution in [0, 0.1) is 6.92 Å². The van der Waals surface area contributed by atoms with Crippen LogP contribution in [0.5, 0.6) is 0 Å². The Morgan fingerprint density at radius 2 is 2.15 bits per heavy atom. The first-order valence-electron chi connectivity index (χ1n) is 4.38. The van der Waals surface area contributed by atoms with Gasteiger partial charge in [-0.2, -0.15) is 0 Å². The largest absolute Gasteiger partial charge is 0.319 e. The standard InChI is InChI=1S/C10H13ClN2/c1-7-2-3-9(11)8(4-7)10(12)5-13-6-10/h2-4,13H,5-6,12H2,1H3. The fraction of sp³-hybridized carbons (Fsp3) is 0.400. The summed E-state index contributed by atoms with van der Waals surface area (Å²) >= 11 is 6.09. The summed E-state index contributed by atoms with van der Waals surface area (Å²) in [5.41, 5.74) is 8.17. The van der Waals surface area contributed by atoms with Gasteiger partial charge in [-0.15, -0.1) is 0 Å². The predicted molar refractivity (Wildman–Crippen MR) is 54.9 cm³/mol. The molecule has 0 aromatic heterocycles. The summed E-state index contributed by atoms with van der Waals surface area (Å²) in [7, 11) is 0. The molecular weight excluding hydrogens is 184 g/mol. The third-order valence-corrected chi connectivity index (χ3v) is 2.87. The van der Waals surface area contributed by atoms with E-state index in [-0.39, 0.29) is 5.54 Å². The van der Waals surface area contributed by atoms with E-state index in [4.69, 9.17) is 17.3 Å². The van der Waals surface area contributed by atoms with Crippen LogP contribution in [-0.2, 0) is 5.54 Å². The minimum absolute atomic E-state index is 0.247. The molecule has 0 atom stereocenters. The van der Waals surface area contributed by atoms with E-state index < -0.39 is 0 Å². The highest BCUT2D eigenvalue weighted by Gasteiger charge is 2.35. The van der Waals surface area contributed by atoms with E-state index in [0.717, 1.165) is 23.7 Å². The molecule has 0 radical (unpaired) electrons. The first-order chi connectivity index (χ1) is 6.12. The Labute approximate surface area is 83.1 Å². The number of nitrogens with one attached hydrogen (secondary N) is 1. The summed E-state index contributed by atoms with van der Waals surface area (Å²) in [5, 5.41) is 3.94. The number of rotatable bonds is 1. The Morgan fingerprint density at radius 3 is 2.69 bits per heavy atom. The van der Waals surface area contributed by atoms with Gasteiger partial charge < -0.3 is 11.1 Å². The maximum Gasteiger partial charge on any atom is 0.0677 e. The summed E-state index contributed by atoms with van der Waals surface area (Å²) < 4.78 is 0. The smallest absolute Gasteiger partial charge is 0.0677 e. The van der Waals surface area contributed by atoms with Crippen molar-refractivity contribution in [3.8, 4) is 0 Å². The van der Waals surface area contributed by atoms with Crippen molar-refractivity contribution in [3.63, 3.8) is 0 Å². The van der Waals surface area contributed by atoms with Crippen molar-refractivity contribution in [2.45, 2.75) is 12.5 Å². The quantitative estimate of drug-likeness (QED) is 0.713. The fourth-order valence-corrected chi connectivity index (χ4v) is 1.91. The van der Waals surface area contributed by atoms with Crippen LogP contribution in [0.2, 0.25) is 5.02 Å². The highest BCUT2D eigenvalue weighted by atomic mass is 35.5. The summed E-state index contributed by atoms with van der Waals surface area (Å²) in [6.45, 7) is 3.68. The molecule has 3 N–H and O–H groups in total. The molecule has 2 nitrogen and oxygen atoms in total. The molecule has 1 aromatic carbocycles. The summed E-state index contributed by atoms with van der Waals surface area (Å²) in [5.74, 6) is 0. The minimum Gasteiger partial charge on any atom is -0.319 e. The molecular formula is C10H13ClN2. The molecule has 1 fully saturated rings. The van der Waals surface area contributed by atoms with E-state index in [1.165, 1.54) is 5.56 Å². The van der Waals surface area contributed by atoms with E-state index in [9.17, 15) is 0 Å². The Kier molecular flexibility index (Phi) is 2.06. The predicted octanol–water partition coefficient (Wildman–Crippen LogP) is 1.41. The number of benzene rings is 1. The molecule has 0 spiro atoms. The Morgan fingerprint density at radius 1 is 1.46 bits per heavy atom. The summed E-state index contributed by atoms with van der Waals surface area (Å²) in [6, 6.07) is 5.99. The zero-order valence-corrected chi connectivity index (χ0v) is 8.36. The van der Waals surface area contributed by atoms with E-state index >= 15 is 0 Å². The molecule has 1 aliphatic heterocycles. The lowest BCUT2D eigenvalue weighted by molar-refractivity contribution is 0.287. The maximum absolute atomic E-state index is 6.15. The van der Waals surface area contributed by atoms with E-state index in [2.05, 4.69) is 18.3 Å². The lowest BCUT2D eigenvalue weighted by atomic mass is 9.85. The molecule has 2 rings (SSSR count). The second kappa shape index (κ2) is 2.98. The van der Waals surface area contributed by atoms with Crippen LogP contribution < -0.4 is 11.1 Å². The first-order valence-corrected chi connectivity index (χ1v) is 4.76. The molecule has 0 bridgehead atoms. The minimum atomic E-state index is -0.247. The molecule has 1 aromatic rings. The van der Waals surface area contributed by atoms with E-state index in [1.807, 2.05) is 12.1 Å². The fourth-order valence-electron chi connectivity index (χ4n) is 1.61. The lowest BCUT2D eigenvalue weighted by Crippen LogP contribution is -2.62. The summed E-state index contributed by atoms with van der Waals surface area (Å²) in [4.78, 5) is 0. The van der Waals surface area contributed by atoms with E-state index in [1.54, 1.807) is 0 Å². The first kappa shape index (κ1) is 9.00. The van der Waals surface area contributed by atoms with Crippen LogP contribution in [0.15, 0.2) is 18.2 Å². The van der Waals surface area contributed by atoms with Crippen molar-refractivity contribution in [2.24, 2.45) is 5.73 Å². The lowest BCUT2D eigenvalue weighted by Gasteiger charge is -2.40. The van der Waals surface area contributed by atoms with Crippen molar-refractivity contribution < 1.29 is 0 Å². The van der Waals surface area contributed by atoms with Gasteiger partial charge in [0.1, 0.15) is 0 Å². The van der Waals surface area contributed by atoms with Crippen molar-refractivity contribution in [1.82, 2.24) is 5.32 Å². The average molecular weight is 197 g/mol. The Bertz CT molecular complexity index is 332. The molecule has 1 aliphatic rings. The third-order valence-electron chi connectivity index (χ3n) is 2.54. The second-order valence-electron chi connectivity index (χ2n) is 3.74. The van der Waals surface area contributed by atoms with Crippen molar-refractivity contribution >= 4 is 11.6 Å². The molecule has 0 saturated carbocycles. The molecule has 0 aliphatic carbocycles. The molecule has 0 amide bonds.